The van der Waals surface area contributed by atoms with Crippen LogP contribution in [0.2, 0.25) is 0 Å². The first-order chi connectivity index (χ1) is 10.4. The van der Waals surface area contributed by atoms with Crippen molar-refractivity contribution in [2.24, 2.45) is 16.6 Å². The lowest BCUT2D eigenvalue weighted by Gasteiger charge is -2.12. The summed E-state index contributed by atoms with van der Waals surface area (Å²) in [4.78, 5) is 4.33. The highest BCUT2D eigenvalue weighted by molar-refractivity contribution is 7.88. The van der Waals surface area contributed by atoms with Crippen molar-refractivity contribution in [2.75, 3.05) is 32.4 Å². The molecular formula is C15H32N4O2S. The minimum absolute atomic E-state index is 0.282. The zero-order valence-electron chi connectivity index (χ0n) is 14.1. The Morgan fingerprint density at radius 3 is 2.59 bits per heavy atom. The lowest BCUT2D eigenvalue weighted by Crippen LogP contribution is -2.33. The van der Waals surface area contributed by atoms with Gasteiger partial charge >= 0.3 is 0 Å². The van der Waals surface area contributed by atoms with Gasteiger partial charge in [0, 0.05) is 26.2 Å². The molecule has 0 spiro atoms. The molecule has 0 radical (unpaired) electrons. The summed E-state index contributed by atoms with van der Waals surface area (Å²) in [5.74, 6) is 0.760. The van der Waals surface area contributed by atoms with Gasteiger partial charge in [-0.2, -0.15) is 0 Å². The zero-order valence-corrected chi connectivity index (χ0v) is 14.9. The molecule has 7 heteroatoms. The molecule has 0 aromatic rings. The normalized spacial score (nSPS) is 20.5. The first-order valence-corrected chi connectivity index (χ1v) is 10.3. The van der Waals surface area contributed by atoms with Gasteiger partial charge in [-0.25, -0.2) is 12.7 Å². The summed E-state index contributed by atoms with van der Waals surface area (Å²) in [6.45, 7) is 4.85. The number of sulfonamides is 1. The highest BCUT2D eigenvalue weighted by atomic mass is 32.2. The third kappa shape index (κ3) is 7.98. The van der Waals surface area contributed by atoms with Crippen molar-refractivity contribution in [1.29, 1.82) is 0 Å². The van der Waals surface area contributed by atoms with Crippen LogP contribution in [0.1, 0.15) is 51.9 Å². The van der Waals surface area contributed by atoms with E-state index in [2.05, 4.69) is 17.2 Å². The number of unbranched alkanes of at least 4 members (excludes halogenated alkanes) is 5. The summed E-state index contributed by atoms with van der Waals surface area (Å²) >= 11 is 0. The summed E-state index contributed by atoms with van der Waals surface area (Å²) in [7, 11) is -3.06. The van der Waals surface area contributed by atoms with Crippen LogP contribution >= 0.6 is 0 Å². The molecule has 0 amide bonds. The zero-order chi connectivity index (χ0) is 16.4. The Hall–Kier alpha value is -0.820. The number of aliphatic imine (C=N–C) groups is 1. The van der Waals surface area contributed by atoms with Crippen LogP contribution in [0.15, 0.2) is 4.99 Å². The molecule has 0 aromatic heterocycles. The van der Waals surface area contributed by atoms with E-state index in [9.17, 15) is 8.42 Å². The fourth-order valence-corrected chi connectivity index (χ4v) is 3.57. The molecule has 1 saturated heterocycles. The first kappa shape index (κ1) is 19.2. The average Bonchev–Trinajstić information content (AvgIpc) is 2.93. The highest BCUT2D eigenvalue weighted by Crippen LogP contribution is 2.18. The van der Waals surface area contributed by atoms with Gasteiger partial charge in [-0.1, -0.05) is 39.0 Å². The Balaban J connectivity index is 2.11. The third-order valence-corrected chi connectivity index (χ3v) is 5.34. The highest BCUT2D eigenvalue weighted by Gasteiger charge is 2.28. The molecular weight excluding hydrogens is 300 g/mol. The van der Waals surface area contributed by atoms with E-state index < -0.39 is 10.0 Å². The van der Waals surface area contributed by atoms with E-state index in [4.69, 9.17) is 5.73 Å². The second-order valence-corrected chi connectivity index (χ2v) is 8.18. The van der Waals surface area contributed by atoms with E-state index >= 15 is 0 Å². The van der Waals surface area contributed by atoms with Crippen LogP contribution in [0, 0.1) is 5.92 Å². The molecule has 1 aliphatic heterocycles. The molecule has 1 aliphatic rings. The number of hydrogen-bond acceptors (Lipinski definition) is 3. The lowest BCUT2D eigenvalue weighted by atomic mass is 10.1. The Kier molecular flexibility index (Phi) is 8.78. The second kappa shape index (κ2) is 10.0. The van der Waals surface area contributed by atoms with Crippen LogP contribution in [0.3, 0.4) is 0 Å². The molecule has 1 rings (SSSR count). The summed E-state index contributed by atoms with van der Waals surface area (Å²) in [6.07, 6.45) is 9.67. The smallest absolute Gasteiger partial charge is 0.211 e. The van der Waals surface area contributed by atoms with E-state index in [0.29, 0.717) is 25.6 Å². The molecule has 22 heavy (non-hydrogen) atoms. The lowest BCUT2D eigenvalue weighted by molar-refractivity contribution is 0.464. The van der Waals surface area contributed by atoms with Crippen molar-refractivity contribution in [2.45, 2.75) is 51.9 Å². The van der Waals surface area contributed by atoms with Gasteiger partial charge in [0.1, 0.15) is 0 Å². The van der Waals surface area contributed by atoms with Gasteiger partial charge in [0.15, 0.2) is 5.96 Å². The van der Waals surface area contributed by atoms with Crippen molar-refractivity contribution < 1.29 is 8.42 Å². The minimum Gasteiger partial charge on any atom is -0.370 e. The van der Waals surface area contributed by atoms with Crippen molar-refractivity contribution in [1.82, 2.24) is 9.62 Å². The monoisotopic (exact) mass is 332 g/mol. The molecule has 6 nitrogen and oxygen atoms in total. The molecule has 0 aliphatic carbocycles. The Bertz CT molecular complexity index is 437. The number of hydrogen-bond donors (Lipinski definition) is 2. The van der Waals surface area contributed by atoms with Gasteiger partial charge in [-0.3, -0.25) is 4.99 Å². The SMILES string of the molecule is CCCCCCCCNC(N)=NCC1CCN(S(C)(=O)=O)C1. The summed E-state index contributed by atoms with van der Waals surface area (Å²) in [5.41, 5.74) is 5.84. The van der Waals surface area contributed by atoms with Crippen LogP contribution in [0.4, 0.5) is 0 Å². The predicted octanol–water partition coefficient (Wildman–Crippen LogP) is 1.53. The van der Waals surface area contributed by atoms with E-state index in [0.717, 1.165) is 19.4 Å². The van der Waals surface area contributed by atoms with E-state index in [1.54, 1.807) is 0 Å². The van der Waals surface area contributed by atoms with Gasteiger partial charge < -0.3 is 11.1 Å². The van der Waals surface area contributed by atoms with E-state index in [-0.39, 0.29) is 5.92 Å². The largest absolute Gasteiger partial charge is 0.370 e. The Morgan fingerprint density at radius 2 is 1.95 bits per heavy atom. The van der Waals surface area contributed by atoms with Gasteiger partial charge in [0.2, 0.25) is 10.0 Å². The maximum Gasteiger partial charge on any atom is 0.211 e. The second-order valence-electron chi connectivity index (χ2n) is 6.20. The summed E-state index contributed by atoms with van der Waals surface area (Å²) in [5, 5.41) is 3.13. The molecule has 0 bridgehead atoms. The molecule has 3 N–H and O–H groups in total. The fraction of sp³-hybridized carbons (Fsp3) is 0.933. The molecule has 1 unspecified atom stereocenters. The van der Waals surface area contributed by atoms with Gasteiger partial charge in [0.05, 0.1) is 6.26 Å². The quantitative estimate of drug-likeness (QED) is 0.361. The fourth-order valence-electron chi connectivity index (χ4n) is 2.65. The van der Waals surface area contributed by atoms with Gasteiger partial charge in [-0.15, -0.1) is 0 Å². The van der Waals surface area contributed by atoms with Crippen molar-refractivity contribution in [3.05, 3.63) is 0 Å². The van der Waals surface area contributed by atoms with Crippen molar-refractivity contribution in [3.8, 4) is 0 Å². The van der Waals surface area contributed by atoms with Crippen LogP contribution < -0.4 is 11.1 Å². The van der Waals surface area contributed by atoms with Crippen LogP contribution in [0.25, 0.3) is 0 Å². The first-order valence-electron chi connectivity index (χ1n) is 8.42. The average molecular weight is 333 g/mol. The standard InChI is InChI=1S/C15H32N4O2S/c1-3-4-5-6-7-8-10-17-15(16)18-12-14-9-11-19(13-14)22(2,20)21/h14H,3-13H2,1-2H3,(H3,16,17,18). The number of rotatable bonds is 10. The van der Waals surface area contributed by atoms with E-state index in [1.807, 2.05) is 0 Å². The predicted molar refractivity (Wildman–Crippen MR) is 92.4 cm³/mol. The van der Waals surface area contributed by atoms with Gasteiger partial charge in [0.25, 0.3) is 0 Å². The molecule has 1 atom stereocenters. The van der Waals surface area contributed by atoms with Crippen LogP contribution in [-0.4, -0.2) is 51.1 Å². The molecule has 0 aromatic carbocycles. The van der Waals surface area contributed by atoms with Gasteiger partial charge in [-0.05, 0) is 18.8 Å². The maximum absolute atomic E-state index is 11.4. The maximum atomic E-state index is 11.4. The minimum atomic E-state index is -3.06. The topological polar surface area (TPSA) is 87.8 Å². The number of guanidine groups is 1. The Morgan fingerprint density at radius 1 is 1.27 bits per heavy atom. The molecule has 1 heterocycles. The molecule has 130 valence electrons. The van der Waals surface area contributed by atoms with Crippen molar-refractivity contribution in [3.63, 3.8) is 0 Å². The summed E-state index contributed by atoms with van der Waals surface area (Å²) < 4.78 is 24.4. The number of nitrogens with zero attached hydrogens (tertiary/aromatic N) is 2. The molecule has 0 saturated carbocycles. The molecule has 1 fully saturated rings. The van der Waals surface area contributed by atoms with E-state index in [1.165, 1.54) is 42.7 Å². The third-order valence-electron chi connectivity index (χ3n) is 4.07. The number of nitrogens with one attached hydrogen (secondary N) is 1. The van der Waals surface area contributed by atoms with Crippen molar-refractivity contribution >= 4 is 16.0 Å². The van der Waals surface area contributed by atoms with Crippen LogP contribution in [-0.2, 0) is 10.0 Å². The summed E-state index contributed by atoms with van der Waals surface area (Å²) in [6, 6.07) is 0. The Labute approximate surface area is 135 Å². The van der Waals surface area contributed by atoms with Crippen LogP contribution in [0.5, 0.6) is 0 Å². The number of nitrogens with two attached hydrogens (primary N) is 1.